The zero-order valence-electron chi connectivity index (χ0n) is 13.0. The van der Waals surface area contributed by atoms with Crippen LogP contribution in [-0.2, 0) is 19.1 Å². The third-order valence-corrected chi connectivity index (χ3v) is 2.52. The molecule has 0 heterocycles. The smallest absolute Gasteiger partial charge is 0.309 e. The minimum atomic E-state index is -0.407. The first kappa shape index (κ1) is 17.9. The molecular formula is C15H28O4. The van der Waals surface area contributed by atoms with Crippen LogP contribution >= 0.6 is 0 Å². The van der Waals surface area contributed by atoms with E-state index in [4.69, 9.17) is 9.47 Å². The maximum atomic E-state index is 12.0. The van der Waals surface area contributed by atoms with E-state index in [2.05, 4.69) is 0 Å². The standard InChI is InChI=1S/C15H28O4/c1-6-8-18-13(16)10-12(11-15(3,4)5)14(17)19-9-7-2/h12H,6-11H2,1-5H3. The Morgan fingerprint density at radius 1 is 1.00 bits per heavy atom. The molecule has 0 aliphatic carbocycles. The molecule has 112 valence electrons. The molecule has 1 unspecified atom stereocenters. The molecule has 4 nitrogen and oxygen atoms in total. The van der Waals surface area contributed by atoms with E-state index in [9.17, 15) is 9.59 Å². The molecule has 0 rings (SSSR count). The molecule has 0 N–H and O–H groups in total. The van der Waals surface area contributed by atoms with Crippen LogP contribution in [0.15, 0.2) is 0 Å². The summed E-state index contributed by atoms with van der Waals surface area (Å²) in [5.41, 5.74) is -0.0268. The van der Waals surface area contributed by atoms with Crippen LogP contribution in [-0.4, -0.2) is 25.2 Å². The molecule has 0 saturated carbocycles. The molecule has 19 heavy (non-hydrogen) atoms. The van der Waals surface area contributed by atoms with Crippen molar-refractivity contribution in [3.8, 4) is 0 Å². The second-order valence-electron chi connectivity index (χ2n) is 6.05. The summed E-state index contributed by atoms with van der Waals surface area (Å²) >= 11 is 0. The van der Waals surface area contributed by atoms with Crippen LogP contribution in [0.1, 0.15) is 60.3 Å². The van der Waals surface area contributed by atoms with Gasteiger partial charge in [-0.05, 0) is 24.7 Å². The minimum Gasteiger partial charge on any atom is -0.466 e. The Morgan fingerprint density at radius 2 is 1.53 bits per heavy atom. The van der Waals surface area contributed by atoms with Gasteiger partial charge in [0.15, 0.2) is 0 Å². The summed E-state index contributed by atoms with van der Waals surface area (Å²) in [5.74, 6) is -1.01. The van der Waals surface area contributed by atoms with Crippen molar-refractivity contribution in [2.45, 2.75) is 60.3 Å². The average molecular weight is 272 g/mol. The number of carbonyl (C=O) groups excluding carboxylic acids is 2. The van der Waals surface area contributed by atoms with Gasteiger partial charge in [0, 0.05) is 0 Å². The molecule has 0 aliphatic heterocycles. The summed E-state index contributed by atoms with van der Waals surface area (Å²) in [4.78, 5) is 23.6. The van der Waals surface area contributed by atoms with Gasteiger partial charge in [-0.1, -0.05) is 34.6 Å². The SMILES string of the molecule is CCCOC(=O)CC(CC(C)(C)C)C(=O)OCCC. The first-order valence-electron chi connectivity index (χ1n) is 7.12. The fourth-order valence-corrected chi connectivity index (χ4v) is 1.77. The predicted molar refractivity (Wildman–Crippen MR) is 74.7 cm³/mol. The average Bonchev–Trinajstić information content (AvgIpc) is 2.30. The Bertz CT molecular complexity index is 278. The quantitative estimate of drug-likeness (QED) is 0.636. The molecule has 0 saturated heterocycles. The van der Waals surface area contributed by atoms with Crippen molar-refractivity contribution in [1.29, 1.82) is 0 Å². The van der Waals surface area contributed by atoms with Gasteiger partial charge in [0.25, 0.3) is 0 Å². The Balaban J connectivity index is 4.49. The van der Waals surface area contributed by atoms with Gasteiger partial charge in [0.2, 0.25) is 0 Å². The molecule has 0 fully saturated rings. The van der Waals surface area contributed by atoms with Gasteiger partial charge >= 0.3 is 11.9 Å². The summed E-state index contributed by atoms with van der Waals surface area (Å²) in [7, 11) is 0. The van der Waals surface area contributed by atoms with Crippen LogP contribution in [0, 0.1) is 11.3 Å². The van der Waals surface area contributed by atoms with Crippen molar-refractivity contribution >= 4 is 11.9 Å². The van der Waals surface area contributed by atoms with Gasteiger partial charge in [-0.15, -0.1) is 0 Å². The fraction of sp³-hybridized carbons (Fsp3) is 0.867. The van der Waals surface area contributed by atoms with Gasteiger partial charge in [-0.3, -0.25) is 9.59 Å². The topological polar surface area (TPSA) is 52.6 Å². The number of ether oxygens (including phenoxy) is 2. The molecule has 0 bridgehead atoms. The van der Waals surface area contributed by atoms with E-state index in [0.717, 1.165) is 12.8 Å². The first-order chi connectivity index (χ1) is 8.80. The molecule has 0 aromatic heterocycles. The van der Waals surface area contributed by atoms with E-state index >= 15 is 0 Å². The molecule has 0 aromatic rings. The van der Waals surface area contributed by atoms with E-state index in [1.165, 1.54) is 0 Å². The van der Waals surface area contributed by atoms with E-state index in [1.54, 1.807) is 0 Å². The monoisotopic (exact) mass is 272 g/mol. The van der Waals surface area contributed by atoms with Gasteiger partial charge in [0.1, 0.15) is 0 Å². The van der Waals surface area contributed by atoms with Crippen molar-refractivity contribution in [1.82, 2.24) is 0 Å². The highest BCUT2D eigenvalue weighted by Gasteiger charge is 2.28. The zero-order valence-corrected chi connectivity index (χ0v) is 13.0. The largest absolute Gasteiger partial charge is 0.466 e. The summed E-state index contributed by atoms with van der Waals surface area (Å²) in [6, 6.07) is 0. The van der Waals surface area contributed by atoms with Crippen LogP contribution < -0.4 is 0 Å². The van der Waals surface area contributed by atoms with Gasteiger partial charge in [0.05, 0.1) is 25.6 Å². The number of esters is 2. The lowest BCUT2D eigenvalue weighted by Gasteiger charge is -2.24. The van der Waals surface area contributed by atoms with Crippen molar-refractivity contribution < 1.29 is 19.1 Å². The third kappa shape index (κ3) is 9.51. The van der Waals surface area contributed by atoms with Crippen molar-refractivity contribution in [2.75, 3.05) is 13.2 Å². The number of hydrogen-bond acceptors (Lipinski definition) is 4. The molecule has 0 spiro atoms. The molecular weight excluding hydrogens is 244 g/mol. The molecule has 0 radical (unpaired) electrons. The van der Waals surface area contributed by atoms with Crippen LogP contribution in [0.4, 0.5) is 0 Å². The Kier molecular flexibility index (Phi) is 8.44. The highest BCUT2D eigenvalue weighted by molar-refractivity contribution is 5.80. The Morgan fingerprint density at radius 3 is 2.00 bits per heavy atom. The minimum absolute atomic E-state index is 0.0268. The molecule has 0 aromatic carbocycles. The number of rotatable bonds is 8. The number of hydrogen-bond donors (Lipinski definition) is 0. The van der Waals surface area contributed by atoms with Crippen LogP contribution in [0.5, 0.6) is 0 Å². The molecule has 4 heteroatoms. The maximum Gasteiger partial charge on any atom is 0.309 e. The van der Waals surface area contributed by atoms with E-state index < -0.39 is 5.92 Å². The number of carbonyl (C=O) groups is 2. The maximum absolute atomic E-state index is 12.0. The Hall–Kier alpha value is -1.06. The van der Waals surface area contributed by atoms with Gasteiger partial charge in [-0.2, -0.15) is 0 Å². The Labute approximate surface area is 116 Å². The van der Waals surface area contributed by atoms with Crippen LogP contribution in [0.2, 0.25) is 0 Å². The lowest BCUT2D eigenvalue weighted by molar-refractivity contribution is -0.156. The van der Waals surface area contributed by atoms with Crippen molar-refractivity contribution in [3.05, 3.63) is 0 Å². The summed E-state index contributed by atoms with van der Waals surface area (Å²) in [6.07, 6.45) is 2.31. The normalized spacial score (nSPS) is 12.9. The molecule has 0 amide bonds. The van der Waals surface area contributed by atoms with Crippen LogP contribution in [0.3, 0.4) is 0 Å². The van der Waals surface area contributed by atoms with Crippen LogP contribution in [0.25, 0.3) is 0 Å². The first-order valence-corrected chi connectivity index (χ1v) is 7.12. The molecule has 1 atom stereocenters. The lowest BCUT2D eigenvalue weighted by Crippen LogP contribution is -2.26. The lowest BCUT2D eigenvalue weighted by atomic mass is 9.83. The molecule has 0 aliphatic rings. The summed E-state index contributed by atoms with van der Waals surface area (Å²) < 4.78 is 10.2. The summed E-state index contributed by atoms with van der Waals surface area (Å²) in [5, 5.41) is 0. The predicted octanol–water partition coefficient (Wildman–Crippen LogP) is 3.34. The van der Waals surface area contributed by atoms with Gasteiger partial charge < -0.3 is 9.47 Å². The third-order valence-electron chi connectivity index (χ3n) is 2.52. The van der Waals surface area contributed by atoms with E-state index in [1.807, 2.05) is 34.6 Å². The van der Waals surface area contributed by atoms with E-state index in [0.29, 0.717) is 19.6 Å². The highest BCUT2D eigenvalue weighted by Crippen LogP contribution is 2.27. The van der Waals surface area contributed by atoms with Crippen molar-refractivity contribution in [3.63, 3.8) is 0 Å². The summed E-state index contributed by atoms with van der Waals surface area (Å²) in [6.45, 7) is 10.8. The highest BCUT2D eigenvalue weighted by atomic mass is 16.5. The zero-order chi connectivity index (χ0) is 14.9. The van der Waals surface area contributed by atoms with Crippen molar-refractivity contribution in [2.24, 2.45) is 11.3 Å². The second kappa shape index (κ2) is 8.94. The fourth-order valence-electron chi connectivity index (χ4n) is 1.77. The van der Waals surface area contributed by atoms with Gasteiger partial charge in [-0.25, -0.2) is 0 Å². The second-order valence-corrected chi connectivity index (χ2v) is 6.05. The van der Waals surface area contributed by atoms with E-state index in [-0.39, 0.29) is 23.8 Å².